The lowest BCUT2D eigenvalue weighted by atomic mass is 10.1. The minimum atomic E-state index is -0.235. The first-order chi connectivity index (χ1) is 6.27. The molecule has 2 aromatic rings. The van der Waals surface area contributed by atoms with E-state index in [1.807, 2.05) is 6.92 Å². The predicted molar refractivity (Wildman–Crippen MR) is 46.6 cm³/mol. The highest BCUT2D eigenvalue weighted by molar-refractivity contribution is 5.60. The molecule has 0 N–H and O–H groups in total. The van der Waals surface area contributed by atoms with Crippen molar-refractivity contribution < 1.29 is 8.81 Å². The maximum atomic E-state index is 12.7. The van der Waals surface area contributed by atoms with Crippen LogP contribution in [-0.4, -0.2) is 4.98 Å². The van der Waals surface area contributed by atoms with Crippen molar-refractivity contribution in [3.8, 4) is 11.3 Å². The van der Waals surface area contributed by atoms with Gasteiger partial charge in [0, 0.05) is 5.56 Å². The zero-order valence-corrected chi connectivity index (χ0v) is 7.12. The molecule has 1 aromatic heterocycles. The van der Waals surface area contributed by atoms with Gasteiger partial charge in [-0.25, -0.2) is 9.37 Å². The molecule has 2 nitrogen and oxygen atoms in total. The molecule has 0 atom stereocenters. The number of aromatic nitrogens is 1. The summed E-state index contributed by atoms with van der Waals surface area (Å²) in [6, 6.07) is 4.56. The van der Waals surface area contributed by atoms with Crippen LogP contribution >= 0.6 is 0 Å². The zero-order chi connectivity index (χ0) is 9.26. The summed E-state index contributed by atoms with van der Waals surface area (Å²) in [5, 5.41) is 0. The van der Waals surface area contributed by atoms with Gasteiger partial charge in [-0.05, 0) is 30.7 Å². The van der Waals surface area contributed by atoms with E-state index in [2.05, 4.69) is 4.98 Å². The summed E-state index contributed by atoms with van der Waals surface area (Å²) in [5.74, 6) is 0.429. The fraction of sp³-hybridized carbons (Fsp3) is 0.100. The number of aryl methyl sites for hydroxylation is 1. The van der Waals surface area contributed by atoms with Gasteiger partial charge in [-0.3, -0.25) is 0 Å². The van der Waals surface area contributed by atoms with E-state index in [1.165, 1.54) is 18.5 Å². The molecule has 0 aliphatic heterocycles. The fourth-order valence-corrected chi connectivity index (χ4v) is 1.25. The Balaban J connectivity index is 2.53. The maximum Gasteiger partial charge on any atom is 0.181 e. The highest BCUT2D eigenvalue weighted by Crippen LogP contribution is 2.22. The van der Waals surface area contributed by atoms with Crippen molar-refractivity contribution in [3.63, 3.8) is 0 Å². The van der Waals surface area contributed by atoms with Crippen LogP contribution in [0.3, 0.4) is 0 Å². The molecule has 0 unspecified atom stereocenters. The standard InChI is InChI=1S/C10H8FNO/c1-7-4-8(11)2-3-9(7)10-5-12-6-13-10/h2-6H,1H3. The molecule has 0 spiro atoms. The first-order valence-electron chi connectivity index (χ1n) is 3.92. The Morgan fingerprint density at radius 3 is 2.85 bits per heavy atom. The topological polar surface area (TPSA) is 26.0 Å². The van der Waals surface area contributed by atoms with Crippen LogP contribution in [0.5, 0.6) is 0 Å². The summed E-state index contributed by atoms with van der Waals surface area (Å²) in [5.41, 5.74) is 1.72. The van der Waals surface area contributed by atoms with Gasteiger partial charge >= 0.3 is 0 Å². The third kappa shape index (κ3) is 1.45. The van der Waals surface area contributed by atoms with Gasteiger partial charge in [-0.15, -0.1) is 0 Å². The van der Waals surface area contributed by atoms with Gasteiger partial charge in [0.1, 0.15) is 5.82 Å². The summed E-state index contributed by atoms with van der Waals surface area (Å²) in [6.45, 7) is 1.83. The quantitative estimate of drug-likeness (QED) is 0.669. The van der Waals surface area contributed by atoms with E-state index in [0.717, 1.165) is 11.1 Å². The molecule has 0 amide bonds. The Kier molecular flexibility index (Phi) is 1.85. The largest absolute Gasteiger partial charge is 0.444 e. The first kappa shape index (κ1) is 7.98. The molecule has 66 valence electrons. The lowest BCUT2D eigenvalue weighted by Gasteiger charge is -2.00. The maximum absolute atomic E-state index is 12.7. The van der Waals surface area contributed by atoms with Crippen LogP contribution in [-0.2, 0) is 0 Å². The molecular formula is C10H8FNO. The molecule has 0 fully saturated rings. The third-order valence-corrected chi connectivity index (χ3v) is 1.89. The summed E-state index contributed by atoms with van der Waals surface area (Å²) in [6.07, 6.45) is 2.97. The van der Waals surface area contributed by atoms with Gasteiger partial charge in [0.15, 0.2) is 12.2 Å². The van der Waals surface area contributed by atoms with Gasteiger partial charge < -0.3 is 4.42 Å². The van der Waals surface area contributed by atoms with E-state index in [9.17, 15) is 4.39 Å². The molecule has 0 aliphatic carbocycles. The Morgan fingerprint density at radius 1 is 1.38 bits per heavy atom. The van der Waals surface area contributed by atoms with Crippen molar-refractivity contribution in [2.24, 2.45) is 0 Å². The Labute approximate surface area is 75.0 Å². The second-order valence-corrected chi connectivity index (χ2v) is 2.82. The zero-order valence-electron chi connectivity index (χ0n) is 7.12. The molecule has 2 rings (SSSR count). The van der Waals surface area contributed by atoms with E-state index in [1.54, 1.807) is 12.3 Å². The molecule has 0 bridgehead atoms. The molecule has 0 radical (unpaired) electrons. The smallest absolute Gasteiger partial charge is 0.181 e. The van der Waals surface area contributed by atoms with Crippen molar-refractivity contribution in [1.82, 2.24) is 4.98 Å². The van der Waals surface area contributed by atoms with E-state index in [4.69, 9.17) is 4.42 Å². The number of benzene rings is 1. The van der Waals surface area contributed by atoms with Gasteiger partial charge in [-0.2, -0.15) is 0 Å². The molecule has 0 saturated carbocycles. The van der Waals surface area contributed by atoms with Gasteiger partial charge in [0.25, 0.3) is 0 Å². The van der Waals surface area contributed by atoms with E-state index in [0.29, 0.717) is 5.76 Å². The molecule has 0 saturated heterocycles. The van der Waals surface area contributed by atoms with Crippen molar-refractivity contribution >= 4 is 0 Å². The van der Waals surface area contributed by atoms with Crippen molar-refractivity contribution in [2.75, 3.05) is 0 Å². The number of nitrogens with zero attached hydrogens (tertiary/aromatic N) is 1. The van der Waals surface area contributed by atoms with E-state index in [-0.39, 0.29) is 5.82 Å². The SMILES string of the molecule is Cc1cc(F)ccc1-c1cnco1. The minimum Gasteiger partial charge on any atom is -0.444 e. The van der Waals surface area contributed by atoms with Gasteiger partial charge in [-0.1, -0.05) is 0 Å². The second kappa shape index (κ2) is 3.01. The average Bonchev–Trinajstić information content (AvgIpc) is 2.56. The molecular weight excluding hydrogens is 169 g/mol. The normalized spacial score (nSPS) is 10.3. The summed E-state index contributed by atoms with van der Waals surface area (Å²) in [7, 11) is 0. The molecule has 3 heteroatoms. The van der Waals surface area contributed by atoms with E-state index < -0.39 is 0 Å². The molecule has 0 aliphatic rings. The van der Waals surface area contributed by atoms with Crippen molar-refractivity contribution in [1.29, 1.82) is 0 Å². The lowest BCUT2D eigenvalue weighted by Crippen LogP contribution is -1.82. The minimum absolute atomic E-state index is 0.235. The van der Waals surface area contributed by atoms with Crippen LogP contribution in [0.2, 0.25) is 0 Å². The Hall–Kier alpha value is -1.64. The summed E-state index contributed by atoms with van der Waals surface area (Å²) >= 11 is 0. The Morgan fingerprint density at radius 2 is 2.23 bits per heavy atom. The van der Waals surface area contributed by atoms with E-state index >= 15 is 0 Å². The van der Waals surface area contributed by atoms with Crippen LogP contribution in [0.1, 0.15) is 5.56 Å². The van der Waals surface area contributed by atoms with Crippen LogP contribution in [0, 0.1) is 12.7 Å². The van der Waals surface area contributed by atoms with Crippen LogP contribution in [0.25, 0.3) is 11.3 Å². The highest BCUT2D eigenvalue weighted by Gasteiger charge is 2.05. The first-order valence-corrected chi connectivity index (χ1v) is 3.92. The number of oxazole rings is 1. The Bertz CT molecular complexity index is 409. The summed E-state index contributed by atoms with van der Waals surface area (Å²) < 4.78 is 17.8. The second-order valence-electron chi connectivity index (χ2n) is 2.82. The number of hydrogen-bond donors (Lipinski definition) is 0. The van der Waals surface area contributed by atoms with Crippen LogP contribution in [0.15, 0.2) is 35.2 Å². The van der Waals surface area contributed by atoms with Crippen LogP contribution < -0.4 is 0 Å². The molecule has 1 aromatic carbocycles. The number of rotatable bonds is 1. The lowest BCUT2D eigenvalue weighted by molar-refractivity contribution is 0.571. The molecule has 1 heterocycles. The van der Waals surface area contributed by atoms with Crippen molar-refractivity contribution in [2.45, 2.75) is 6.92 Å². The van der Waals surface area contributed by atoms with Crippen molar-refractivity contribution in [3.05, 3.63) is 42.2 Å². The van der Waals surface area contributed by atoms with Crippen LogP contribution in [0.4, 0.5) is 4.39 Å². The van der Waals surface area contributed by atoms with Gasteiger partial charge in [0.05, 0.1) is 6.20 Å². The average molecular weight is 177 g/mol. The monoisotopic (exact) mass is 177 g/mol. The number of hydrogen-bond acceptors (Lipinski definition) is 2. The molecule has 13 heavy (non-hydrogen) atoms. The number of halogens is 1. The predicted octanol–water partition coefficient (Wildman–Crippen LogP) is 2.79. The highest BCUT2D eigenvalue weighted by atomic mass is 19.1. The third-order valence-electron chi connectivity index (χ3n) is 1.89. The summed E-state index contributed by atoms with van der Waals surface area (Å²) in [4.78, 5) is 3.80. The fourth-order valence-electron chi connectivity index (χ4n) is 1.25. The van der Waals surface area contributed by atoms with Gasteiger partial charge in [0.2, 0.25) is 0 Å².